The van der Waals surface area contributed by atoms with E-state index < -0.39 is 0 Å². The van der Waals surface area contributed by atoms with Gasteiger partial charge >= 0.3 is 0 Å². The molecule has 3 aromatic carbocycles. The minimum Gasteiger partial charge on any atom is -0.308 e. The maximum Gasteiger partial charge on any atom is 0.0361 e. The average molecular weight is 351 g/mol. The molecule has 1 N–H and O–H groups in total. The van der Waals surface area contributed by atoms with Crippen molar-refractivity contribution in [3.63, 3.8) is 0 Å². The number of hydrogen-bond donors (Lipinski definition) is 1. The summed E-state index contributed by atoms with van der Waals surface area (Å²) in [6.45, 7) is 6.77. The van der Waals surface area contributed by atoms with E-state index >= 15 is 0 Å². The average Bonchev–Trinajstić information content (AvgIpc) is 3.06. The molecule has 1 atom stereocenters. The molecule has 0 saturated carbocycles. The fraction of sp³-hybridized carbons (Fsp3) is 0.192. The van der Waals surface area contributed by atoms with Gasteiger partial charge in [0.2, 0.25) is 0 Å². The highest BCUT2D eigenvalue weighted by Crippen LogP contribution is 2.49. The lowest BCUT2D eigenvalue weighted by Gasteiger charge is -2.29. The maximum absolute atomic E-state index is 8.06. The van der Waals surface area contributed by atoms with E-state index in [-0.39, 0.29) is 11.3 Å². The van der Waals surface area contributed by atoms with Crippen molar-refractivity contribution in [2.75, 3.05) is 0 Å². The van der Waals surface area contributed by atoms with Crippen LogP contribution in [0, 0.1) is 5.41 Å². The quantitative estimate of drug-likeness (QED) is 0.510. The lowest BCUT2D eigenvalue weighted by molar-refractivity contribution is 0.582. The Kier molecular flexibility index (Phi) is 4.31. The number of benzene rings is 3. The van der Waals surface area contributed by atoms with Crippen LogP contribution in [-0.2, 0) is 5.41 Å². The monoisotopic (exact) mass is 351 g/mol. The van der Waals surface area contributed by atoms with E-state index in [2.05, 4.69) is 99.6 Å². The van der Waals surface area contributed by atoms with Crippen molar-refractivity contribution in [3.8, 4) is 0 Å². The Hall–Kier alpha value is -2.93. The summed E-state index contributed by atoms with van der Waals surface area (Å²) in [4.78, 5) is 0. The van der Waals surface area contributed by atoms with Crippen LogP contribution in [0.15, 0.2) is 72.8 Å². The van der Waals surface area contributed by atoms with E-state index in [0.29, 0.717) is 0 Å². The number of nitrogens with one attached hydrogen (secondary N) is 1. The van der Waals surface area contributed by atoms with Crippen molar-refractivity contribution in [1.82, 2.24) is 0 Å². The van der Waals surface area contributed by atoms with E-state index in [1.807, 2.05) is 0 Å². The van der Waals surface area contributed by atoms with Gasteiger partial charge in [0.25, 0.3) is 0 Å². The summed E-state index contributed by atoms with van der Waals surface area (Å²) >= 11 is 0. The SMILES string of the molecule is CC(C)(C)c1cccc(C=N)c1C1C(c2ccccc2)=Cc2ccccc21. The number of hydrogen-bond acceptors (Lipinski definition) is 1. The summed E-state index contributed by atoms with van der Waals surface area (Å²) in [6, 6.07) is 25.7. The first kappa shape index (κ1) is 17.5. The first-order valence-corrected chi connectivity index (χ1v) is 9.50. The van der Waals surface area contributed by atoms with Gasteiger partial charge in [-0.25, -0.2) is 0 Å². The molecule has 134 valence electrons. The molecule has 27 heavy (non-hydrogen) atoms. The van der Waals surface area contributed by atoms with Gasteiger partial charge in [-0.05, 0) is 50.4 Å². The Morgan fingerprint density at radius 2 is 1.52 bits per heavy atom. The molecule has 0 saturated heterocycles. The molecule has 0 bridgehead atoms. The van der Waals surface area contributed by atoms with Crippen LogP contribution in [-0.4, -0.2) is 6.21 Å². The molecule has 3 aromatic rings. The molecule has 1 aliphatic rings. The van der Waals surface area contributed by atoms with Crippen LogP contribution < -0.4 is 0 Å². The van der Waals surface area contributed by atoms with Crippen LogP contribution in [0.1, 0.15) is 60.1 Å². The van der Waals surface area contributed by atoms with E-state index in [4.69, 9.17) is 5.41 Å². The Balaban J connectivity index is 2.02. The summed E-state index contributed by atoms with van der Waals surface area (Å²) in [5, 5.41) is 8.06. The molecular weight excluding hydrogens is 326 g/mol. The Bertz CT molecular complexity index is 1020. The molecule has 0 amide bonds. The molecule has 1 unspecified atom stereocenters. The normalized spacial score (nSPS) is 16.0. The first-order chi connectivity index (χ1) is 13.0. The largest absolute Gasteiger partial charge is 0.308 e. The topological polar surface area (TPSA) is 23.9 Å². The van der Waals surface area contributed by atoms with Gasteiger partial charge in [0.15, 0.2) is 0 Å². The molecular formula is C26H25N. The van der Waals surface area contributed by atoms with Gasteiger partial charge in [0, 0.05) is 12.1 Å². The molecule has 0 aliphatic heterocycles. The highest BCUT2D eigenvalue weighted by atomic mass is 14.4. The Morgan fingerprint density at radius 3 is 2.22 bits per heavy atom. The van der Waals surface area contributed by atoms with Crippen LogP contribution in [0.4, 0.5) is 0 Å². The zero-order valence-electron chi connectivity index (χ0n) is 16.2. The van der Waals surface area contributed by atoms with Crippen LogP contribution in [0.5, 0.6) is 0 Å². The van der Waals surface area contributed by atoms with Gasteiger partial charge in [0.05, 0.1) is 0 Å². The first-order valence-electron chi connectivity index (χ1n) is 9.50. The summed E-state index contributed by atoms with van der Waals surface area (Å²) in [5.74, 6) is 0.149. The fourth-order valence-electron chi connectivity index (χ4n) is 4.20. The maximum atomic E-state index is 8.06. The van der Waals surface area contributed by atoms with Crippen LogP contribution in [0.25, 0.3) is 11.6 Å². The molecule has 1 aliphatic carbocycles. The van der Waals surface area contributed by atoms with Crippen LogP contribution in [0.2, 0.25) is 0 Å². The minimum atomic E-state index is 0.00762. The molecule has 0 fully saturated rings. The molecule has 0 spiro atoms. The molecule has 1 heteroatoms. The van der Waals surface area contributed by atoms with Crippen molar-refractivity contribution >= 4 is 17.9 Å². The number of allylic oxidation sites excluding steroid dienone is 1. The Morgan fingerprint density at radius 1 is 0.815 bits per heavy atom. The standard InChI is InChI=1S/C26H25N/c1-26(2,3)23-15-9-13-20(17-27)24(23)25-21-14-8-7-12-19(21)16-22(25)18-10-5-4-6-11-18/h4-17,25,27H,1-3H3. The zero-order valence-corrected chi connectivity index (χ0v) is 16.2. The zero-order chi connectivity index (χ0) is 19.0. The fourth-order valence-corrected chi connectivity index (χ4v) is 4.20. The van der Waals surface area contributed by atoms with Gasteiger partial charge in [-0.2, -0.15) is 0 Å². The molecule has 1 nitrogen and oxygen atoms in total. The third-order valence-corrected chi connectivity index (χ3v) is 5.43. The van der Waals surface area contributed by atoms with Crippen LogP contribution in [0.3, 0.4) is 0 Å². The van der Waals surface area contributed by atoms with Crippen molar-refractivity contribution in [1.29, 1.82) is 5.41 Å². The number of rotatable bonds is 3. The second-order valence-electron chi connectivity index (χ2n) is 8.23. The van der Waals surface area contributed by atoms with Gasteiger partial charge in [-0.3, -0.25) is 0 Å². The van der Waals surface area contributed by atoms with Gasteiger partial charge < -0.3 is 5.41 Å². The summed E-state index contributed by atoms with van der Waals surface area (Å²) in [7, 11) is 0. The smallest absolute Gasteiger partial charge is 0.0361 e. The second-order valence-corrected chi connectivity index (χ2v) is 8.23. The van der Waals surface area contributed by atoms with E-state index in [1.165, 1.54) is 39.6 Å². The molecule has 0 radical (unpaired) electrons. The Labute approximate surface area is 161 Å². The van der Waals surface area contributed by atoms with E-state index in [1.54, 1.807) is 0 Å². The predicted octanol–water partition coefficient (Wildman–Crippen LogP) is 6.67. The third kappa shape index (κ3) is 3.04. The molecule has 0 aromatic heterocycles. The van der Waals surface area contributed by atoms with Crippen molar-refractivity contribution < 1.29 is 0 Å². The third-order valence-electron chi connectivity index (χ3n) is 5.43. The predicted molar refractivity (Wildman–Crippen MR) is 116 cm³/mol. The minimum absolute atomic E-state index is 0.00762. The molecule has 4 rings (SSSR count). The van der Waals surface area contributed by atoms with Crippen molar-refractivity contribution in [3.05, 3.63) is 106 Å². The highest BCUT2D eigenvalue weighted by Gasteiger charge is 2.33. The van der Waals surface area contributed by atoms with Gasteiger partial charge in [-0.15, -0.1) is 0 Å². The molecule has 0 heterocycles. The summed E-state index contributed by atoms with van der Waals surface area (Å²) < 4.78 is 0. The highest BCUT2D eigenvalue weighted by molar-refractivity contribution is 5.96. The summed E-state index contributed by atoms with van der Waals surface area (Å²) in [5.41, 5.74) is 8.76. The van der Waals surface area contributed by atoms with E-state index in [9.17, 15) is 0 Å². The lowest BCUT2D eigenvalue weighted by Crippen LogP contribution is -2.18. The lowest BCUT2D eigenvalue weighted by atomic mass is 9.74. The van der Waals surface area contributed by atoms with Crippen molar-refractivity contribution in [2.24, 2.45) is 0 Å². The second kappa shape index (κ2) is 6.66. The van der Waals surface area contributed by atoms with E-state index in [0.717, 1.165) is 5.56 Å². The van der Waals surface area contributed by atoms with Gasteiger partial charge in [0.1, 0.15) is 0 Å². The summed E-state index contributed by atoms with van der Waals surface area (Å²) in [6.07, 6.45) is 3.83. The van der Waals surface area contributed by atoms with Crippen LogP contribution >= 0.6 is 0 Å². The number of fused-ring (bicyclic) bond motifs is 1. The van der Waals surface area contributed by atoms with Crippen molar-refractivity contribution in [2.45, 2.75) is 32.1 Å². The van der Waals surface area contributed by atoms with Gasteiger partial charge in [-0.1, -0.05) is 93.6 Å².